The predicted molar refractivity (Wildman–Crippen MR) is 268 cm³/mol. The van der Waals surface area contributed by atoms with Crippen LogP contribution in [-0.4, -0.2) is 90.2 Å². The summed E-state index contributed by atoms with van der Waals surface area (Å²) in [7, 11) is 1.44. The van der Waals surface area contributed by atoms with Gasteiger partial charge >= 0.3 is 6.09 Å². The van der Waals surface area contributed by atoms with Crippen molar-refractivity contribution < 1.29 is 38.2 Å². The Bertz CT molecular complexity index is 3110. The van der Waals surface area contributed by atoms with Gasteiger partial charge in [0.15, 0.2) is 0 Å². The Balaban J connectivity index is 1.38. The van der Waals surface area contributed by atoms with E-state index in [1.807, 2.05) is 13.0 Å². The second kappa shape index (κ2) is 21.9. The molecule has 70 heavy (non-hydrogen) atoms. The second-order valence-electron chi connectivity index (χ2n) is 16.8. The van der Waals surface area contributed by atoms with Crippen molar-refractivity contribution in [1.82, 2.24) is 28.9 Å². The summed E-state index contributed by atoms with van der Waals surface area (Å²) < 4.78 is 22.4. The molecule has 0 fully saturated rings. The number of anilines is 3. The van der Waals surface area contributed by atoms with Crippen molar-refractivity contribution in [3.63, 3.8) is 0 Å². The Morgan fingerprint density at radius 2 is 1.41 bits per heavy atom. The fourth-order valence-electron chi connectivity index (χ4n) is 7.25. The van der Waals surface area contributed by atoms with Gasteiger partial charge in [0.25, 0.3) is 11.8 Å². The van der Waals surface area contributed by atoms with Gasteiger partial charge in [-0.2, -0.15) is 5.10 Å². The molecule has 0 saturated heterocycles. The smallest absolute Gasteiger partial charge is 0.412 e. The number of hydrogen-bond acceptors (Lipinski definition) is 13. The number of carbonyl (C=O) groups is 5. The van der Waals surface area contributed by atoms with Gasteiger partial charge in [0.2, 0.25) is 23.7 Å². The highest BCUT2D eigenvalue weighted by molar-refractivity contribution is 6.47. The molecule has 0 atom stereocenters. The number of nitrogens with two attached hydrogens (primary N) is 3. The van der Waals surface area contributed by atoms with Crippen LogP contribution >= 0.6 is 0 Å². The molecule has 0 unspecified atom stereocenters. The predicted octanol–water partition coefficient (Wildman–Crippen LogP) is 6.33. The summed E-state index contributed by atoms with van der Waals surface area (Å²) in [5, 5.41) is 12.9. The molecule has 3 aromatic heterocycles. The molecule has 21 nitrogen and oxygen atoms in total. The van der Waals surface area contributed by atoms with Crippen molar-refractivity contribution in [3.05, 3.63) is 113 Å². The monoisotopic (exact) mass is 955 g/mol. The molecule has 0 bridgehead atoms. The number of rotatable bonds is 19. The fourth-order valence-corrected chi connectivity index (χ4v) is 7.25. The molecule has 3 heterocycles. The Hall–Kier alpha value is -8.75. The van der Waals surface area contributed by atoms with Gasteiger partial charge < -0.3 is 40.5 Å². The maximum Gasteiger partial charge on any atom is 0.412 e. The first kappa shape index (κ1) is 50.7. The zero-order valence-corrected chi connectivity index (χ0v) is 40.2. The number of amides is 5. The molecule has 0 spiro atoms. The fraction of sp³-hybridized carbons (Fsp3) is 0.286. The van der Waals surface area contributed by atoms with Gasteiger partial charge in [0, 0.05) is 48.7 Å². The van der Waals surface area contributed by atoms with Crippen LogP contribution in [0.5, 0.6) is 11.5 Å². The summed E-state index contributed by atoms with van der Waals surface area (Å²) in [5.41, 5.74) is 21.1. The summed E-state index contributed by atoms with van der Waals surface area (Å²) in [6.45, 7) is 13.3. The molecule has 0 aliphatic rings. The highest BCUT2D eigenvalue weighted by Gasteiger charge is 2.24. The molecule has 0 aliphatic carbocycles. The van der Waals surface area contributed by atoms with Crippen molar-refractivity contribution in [3.8, 4) is 11.5 Å². The summed E-state index contributed by atoms with van der Waals surface area (Å²) in [6, 6.07) is 14.8. The minimum Gasteiger partial charge on any atom is -0.494 e. The number of benzene rings is 3. The van der Waals surface area contributed by atoms with E-state index >= 15 is 0 Å². The first-order chi connectivity index (χ1) is 33.3. The molecule has 5 amide bonds. The van der Waals surface area contributed by atoms with Crippen LogP contribution in [0, 0.1) is 6.92 Å². The molecule has 366 valence electrons. The van der Waals surface area contributed by atoms with Crippen molar-refractivity contribution in [2.24, 2.45) is 22.2 Å². The van der Waals surface area contributed by atoms with Crippen LogP contribution < -0.4 is 42.6 Å². The Kier molecular flexibility index (Phi) is 15.9. The van der Waals surface area contributed by atoms with E-state index in [-0.39, 0.29) is 65.4 Å². The number of fused-ring (bicyclic) bond motifs is 2. The number of primary amides is 2. The third kappa shape index (κ3) is 12.4. The number of nitrogens with zero attached hydrogens (tertiary/aromatic N) is 7. The number of hydrogen-bond donors (Lipinski definition) is 6. The minimum atomic E-state index is -0.735. The van der Waals surface area contributed by atoms with Crippen LogP contribution in [0.1, 0.15) is 84.0 Å². The largest absolute Gasteiger partial charge is 0.494 e. The summed E-state index contributed by atoms with van der Waals surface area (Å²) in [5.74, 6) is -1.75. The van der Waals surface area contributed by atoms with E-state index in [4.69, 9.17) is 36.4 Å². The SMILES string of the molecule is CCN=C(/C=C(/C)N)C(=O)Nc1nc2cc(C(N)=O)cc(OC/C=C/c3cccc(NC(=O)OC(C)(C)C)c3)c2n1C/C=C/Cn1c(NC(=O)c2cc(C)nn2CC)nc2cc(C(N)=O)cc(OC)c21. The lowest BCUT2D eigenvalue weighted by Gasteiger charge is -2.19. The molecule has 21 heteroatoms. The maximum atomic E-state index is 13.8. The number of methoxy groups -OCH3 is 1. The van der Waals surface area contributed by atoms with Crippen molar-refractivity contribution in [2.45, 2.75) is 73.7 Å². The Morgan fingerprint density at radius 3 is 1.99 bits per heavy atom. The van der Waals surface area contributed by atoms with E-state index in [0.29, 0.717) is 52.4 Å². The maximum absolute atomic E-state index is 13.8. The quantitative estimate of drug-likeness (QED) is 0.0384. The molecule has 3 aromatic carbocycles. The zero-order valence-electron chi connectivity index (χ0n) is 40.2. The third-order valence-corrected chi connectivity index (χ3v) is 10.1. The van der Waals surface area contributed by atoms with Crippen LogP contribution in [0.2, 0.25) is 0 Å². The highest BCUT2D eigenvalue weighted by atomic mass is 16.6. The number of aliphatic imine (C=N–C) groups is 1. The lowest BCUT2D eigenvalue weighted by atomic mass is 10.1. The highest BCUT2D eigenvalue weighted by Crippen LogP contribution is 2.33. The standard InChI is InChI=1S/C49H57N13O8/c1-9-53-36(21-28(3)50)44(65)57-46-56-35-25-32(43(52)64)27-39(69-20-14-16-30-15-13-17-33(23-30)54-48(67)70-49(5,6)7)41(35)61(46)19-12-11-18-60-40-34(24-31(42(51)63)26-38(40)68-8)55-47(60)58-45(66)37-22-29(4)59-62(37)10-2/h11-17,21-27H,9-10,18-20,50H2,1-8H3,(H2,51,63)(H2,52,64)(H,54,67)(H,55,58,66)(H,56,57,65)/b12-11+,16-14+,28-21-,53-36?. The molecule has 6 aromatic rings. The number of ether oxygens (including phenoxy) is 3. The minimum absolute atomic E-state index is 0.0116. The average Bonchev–Trinajstić information content (AvgIpc) is 3.96. The molecule has 6 rings (SSSR count). The van der Waals surface area contributed by atoms with Gasteiger partial charge in [0.1, 0.15) is 46.1 Å². The van der Waals surface area contributed by atoms with Gasteiger partial charge in [-0.05, 0) is 109 Å². The van der Waals surface area contributed by atoms with Gasteiger partial charge in [-0.3, -0.25) is 44.8 Å². The van der Waals surface area contributed by atoms with Gasteiger partial charge in [0.05, 0.1) is 23.8 Å². The molecular formula is C49H57N13O8. The van der Waals surface area contributed by atoms with Gasteiger partial charge in [-0.15, -0.1) is 0 Å². The number of carbonyl (C=O) groups excluding carboxylic acids is 5. The summed E-state index contributed by atoms with van der Waals surface area (Å²) >= 11 is 0. The van der Waals surface area contributed by atoms with E-state index in [1.54, 1.807) is 104 Å². The van der Waals surface area contributed by atoms with Gasteiger partial charge in [-0.25, -0.2) is 14.8 Å². The first-order valence-corrected chi connectivity index (χ1v) is 22.2. The lowest BCUT2D eigenvalue weighted by Crippen LogP contribution is -2.27. The van der Waals surface area contributed by atoms with E-state index in [9.17, 15) is 24.0 Å². The molecule has 0 saturated carbocycles. The Labute approximate surface area is 403 Å². The normalized spacial score (nSPS) is 12.2. The van der Waals surface area contributed by atoms with Gasteiger partial charge in [-0.1, -0.05) is 30.4 Å². The van der Waals surface area contributed by atoms with Crippen LogP contribution in [0.3, 0.4) is 0 Å². The second-order valence-corrected chi connectivity index (χ2v) is 16.8. The van der Waals surface area contributed by atoms with Crippen LogP contribution in [0.4, 0.5) is 22.4 Å². The molecule has 0 aliphatic heterocycles. The first-order valence-electron chi connectivity index (χ1n) is 22.2. The number of imidazole rings is 2. The van der Waals surface area contributed by atoms with E-state index < -0.39 is 35.3 Å². The number of allylic oxidation sites excluding steroid dienone is 3. The van der Waals surface area contributed by atoms with E-state index in [1.165, 1.54) is 37.5 Å². The van der Waals surface area contributed by atoms with Crippen molar-refractivity contribution in [1.29, 1.82) is 0 Å². The topological polar surface area (TPSA) is 293 Å². The van der Waals surface area contributed by atoms with Crippen molar-refractivity contribution >= 4 is 81.2 Å². The van der Waals surface area contributed by atoms with Crippen molar-refractivity contribution in [2.75, 3.05) is 36.2 Å². The Morgan fingerprint density at radius 1 is 0.800 bits per heavy atom. The number of nitrogens with one attached hydrogen (secondary N) is 3. The van der Waals surface area contributed by atoms with E-state index in [2.05, 4.69) is 31.0 Å². The van der Waals surface area contributed by atoms with Crippen LogP contribution in [0.25, 0.3) is 28.1 Å². The average molecular weight is 956 g/mol. The van der Waals surface area contributed by atoms with E-state index in [0.717, 1.165) is 5.56 Å². The van der Waals surface area contributed by atoms with Crippen LogP contribution in [-0.2, 0) is 29.2 Å². The number of aromatic nitrogens is 6. The summed E-state index contributed by atoms with van der Waals surface area (Å²) in [6.07, 6.45) is 7.99. The molecule has 9 N–H and O–H groups in total. The lowest BCUT2D eigenvalue weighted by molar-refractivity contribution is -0.110. The molecular weight excluding hydrogens is 899 g/mol. The zero-order chi connectivity index (χ0) is 50.9. The van der Waals surface area contributed by atoms with Crippen LogP contribution in [0.15, 0.2) is 89.6 Å². The third-order valence-electron chi connectivity index (χ3n) is 10.1. The number of aryl methyl sites for hydroxylation is 2. The summed E-state index contributed by atoms with van der Waals surface area (Å²) in [4.78, 5) is 78.6. The molecule has 0 radical (unpaired) electrons.